The molecule has 0 aliphatic rings. The highest BCUT2D eigenvalue weighted by Crippen LogP contribution is 2.29. The van der Waals surface area contributed by atoms with Crippen molar-refractivity contribution in [3.63, 3.8) is 0 Å². The van der Waals surface area contributed by atoms with Gasteiger partial charge in [-0.1, -0.05) is 25.5 Å². The van der Waals surface area contributed by atoms with Crippen molar-refractivity contribution in [2.45, 2.75) is 32.6 Å². The molecular weight excluding hydrogens is 348 g/mol. The van der Waals surface area contributed by atoms with E-state index in [1.54, 1.807) is 0 Å². The summed E-state index contributed by atoms with van der Waals surface area (Å²) in [6.07, 6.45) is 2.91. The lowest BCUT2D eigenvalue weighted by Gasteiger charge is -2.10. The molecule has 0 aliphatic carbocycles. The van der Waals surface area contributed by atoms with E-state index in [1.165, 1.54) is 30.9 Å². The van der Waals surface area contributed by atoms with Gasteiger partial charge >= 0.3 is 0 Å². The molecule has 7 nitrogen and oxygen atoms in total. The minimum absolute atomic E-state index is 0.110. The first-order valence-corrected chi connectivity index (χ1v) is 8.87. The molecule has 0 atom stereocenters. The molecule has 0 spiro atoms. The number of methoxy groups -OCH3 is 1. The Balaban J connectivity index is 1.81. The molecule has 0 radical (unpaired) electrons. The number of aryl methyl sites for hydroxylation is 1. The molecule has 1 N–H and O–H groups in total. The van der Waals surface area contributed by atoms with E-state index in [2.05, 4.69) is 12.2 Å². The summed E-state index contributed by atoms with van der Waals surface area (Å²) in [5, 5.41) is 13.5. The summed E-state index contributed by atoms with van der Waals surface area (Å²) in [6.45, 7) is 2.55. The quantitative estimate of drug-likeness (QED) is 0.380. The average Bonchev–Trinajstić information content (AvgIpc) is 2.66. The molecule has 0 bridgehead atoms. The summed E-state index contributed by atoms with van der Waals surface area (Å²) in [7, 11) is 1.44. The van der Waals surface area contributed by atoms with Crippen LogP contribution in [0.2, 0.25) is 0 Å². The van der Waals surface area contributed by atoms with Crippen LogP contribution in [0.3, 0.4) is 0 Å². The van der Waals surface area contributed by atoms with Gasteiger partial charge in [0.15, 0.2) is 0 Å². The van der Waals surface area contributed by atoms with E-state index in [4.69, 9.17) is 9.47 Å². The molecule has 0 saturated carbocycles. The minimum atomic E-state index is -0.519. The summed E-state index contributed by atoms with van der Waals surface area (Å²) in [5.74, 6) is 0.892. The summed E-state index contributed by atoms with van der Waals surface area (Å²) < 4.78 is 10.8. The molecule has 0 saturated heterocycles. The van der Waals surface area contributed by atoms with Crippen molar-refractivity contribution in [2.75, 3.05) is 19.0 Å². The average molecular weight is 372 g/mol. The standard InChI is InChI=1S/C20H24N2O5/c1-3-5-15-7-10-17(11-8-15)27-13-4-6-20(23)21-18-14-16(22(24)25)9-12-19(18)26-2/h7-12,14H,3-6,13H2,1-2H3,(H,21,23). The Labute approximate surface area is 158 Å². The number of amides is 1. The van der Waals surface area contributed by atoms with Crippen molar-refractivity contribution < 1.29 is 19.2 Å². The lowest BCUT2D eigenvalue weighted by molar-refractivity contribution is -0.384. The van der Waals surface area contributed by atoms with Gasteiger partial charge in [-0.3, -0.25) is 14.9 Å². The van der Waals surface area contributed by atoms with Crippen LogP contribution in [0, 0.1) is 10.1 Å². The second-order valence-electron chi connectivity index (χ2n) is 6.04. The number of non-ortho nitro benzene ring substituents is 1. The van der Waals surface area contributed by atoms with Gasteiger partial charge < -0.3 is 14.8 Å². The van der Waals surface area contributed by atoms with E-state index in [9.17, 15) is 14.9 Å². The predicted molar refractivity (Wildman–Crippen MR) is 103 cm³/mol. The Morgan fingerprint density at radius 2 is 1.93 bits per heavy atom. The second-order valence-corrected chi connectivity index (χ2v) is 6.04. The van der Waals surface area contributed by atoms with Gasteiger partial charge in [-0.25, -0.2) is 0 Å². The lowest BCUT2D eigenvalue weighted by atomic mass is 10.1. The maximum absolute atomic E-state index is 12.1. The molecule has 0 heterocycles. The summed E-state index contributed by atoms with van der Waals surface area (Å²) in [5.41, 5.74) is 1.44. The molecule has 0 aromatic heterocycles. The van der Waals surface area contributed by atoms with Gasteiger partial charge in [0.1, 0.15) is 11.5 Å². The number of hydrogen-bond donors (Lipinski definition) is 1. The topological polar surface area (TPSA) is 90.7 Å². The van der Waals surface area contributed by atoms with Crippen LogP contribution in [0.15, 0.2) is 42.5 Å². The molecule has 7 heteroatoms. The smallest absolute Gasteiger partial charge is 0.271 e. The number of carbonyl (C=O) groups is 1. The summed E-state index contributed by atoms with van der Waals surface area (Å²) in [4.78, 5) is 22.5. The number of nitrogens with one attached hydrogen (secondary N) is 1. The lowest BCUT2D eigenvalue weighted by Crippen LogP contribution is -2.13. The third-order valence-corrected chi connectivity index (χ3v) is 3.95. The number of benzene rings is 2. The first kappa shape index (κ1) is 20.2. The third kappa shape index (κ3) is 6.29. The SMILES string of the molecule is CCCc1ccc(OCCCC(=O)Nc2cc([N+](=O)[O-])ccc2OC)cc1. The van der Waals surface area contributed by atoms with E-state index in [1.807, 2.05) is 24.3 Å². The van der Waals surface area contributed by atoms with Crippen molar-refractivity contribution in [3.05, 3.63) is 58.1 Å². The fourth-order valence-electron chi connectivity index (χ4n) is 2.58. The van der Waals surface area contributed by atoms with E-state index in [0.717, 1.165) is 18.6 Å². The number of rotatable bonds is 10. The Bertz CT molecular complexity index is 774. The molecule has 2 aromatic rings. The fraction of sp³-hybridized carbons (Fsp3) is 0.350. The fourth-order valence-corrected chi connectivity index (χ4v) is 2.58. The first-order valence-electron chi connectivity index (χ1n) is 8.87. The molecule has 144 valence electrons. The Kier molecular flexibility index (Phi) is 7.61. The Morgan fingerprint density at radius 1 is 1.19 bits per heavy atom. The van der Waals surface area contributed by atoms with Crippen molar-refractivity contribution in [2.24, 2.45) is 0 Å². The molecule has 2 aromatic carbocycles. The third-order valence-electron chi connectivity index (χ3n) is 3.95. The van der Waals surface area contributed by atoms with Crippen molar-refractivity contribution in [1.29, 1.82) is 0 Å². The van der Waals surface area contributed by atoms with E-state index in [-0.39, 0.29) is 23.7 Å². The largest absolute Gasteiger partial charge is 0.495 e. The monoisotopic (exact) mass is 372 g/mol. The van der Waals surface area contributed by atoms with Crippen LogP contribution in [-0.4, -0.2) is 24.5 Å². The van der Waals surface area contributed by atoms with Gasteiger partial charge in [0.2, 0.25) is 5.91 Å². The highest BCUT2D eigenvalue weighted by molar-refractivity contribution is 5.92. The van der Waals surface area contributed by atoms with Crippen molar-refractivity contribution >= 4 is 17.3 Å². The van der Waals surface area contributed by atoms with Gasteiger partial charge in [-0.05, 0) is 36.6 Å². The highest BCUT2D eigenvalue weighted by Gasteiger charge is 2.13. The zero-order chi connectivity index (χ0) is 19.6. The van der Waals surface area contributed by atoms with Gasteiger partial charge in [0, 0.05) is 18.6 Å². The minimum Gasteiger partial charge on any atom is -0.495 e. The molecule has 0 unspecified atom stereocenters. The predicted octanol–water partition coefficient (Wildman–Crippen LogP) is 4.35. The number of nitrogens with zero attached hydrogens (tertiary/aromatic N) is 1. The zero-order valence-electron chi connectivity index (χ0n) is 15.6. The number of nitro groups is 1. The zero-order valence-corrected chi connectivity index (χ0v) is 15.6. The van der Waals surface area contributed by atoms with Gasteiger partial charge in [0.05, 0.1) is 24.3 Å². The van der Waals surface area contributed by atoms with Crippen LogP contribution in [0.25, 0.3) is 0 Å². The molecule has 27 heavy (non-hydrogen) atoms. The van der Waals surface area contributed by atoms with Crippen LogP contribution in [0.5, 0.6) is 11.5 Å². The highest BCUT2D eigenvalue weighted by atomic mass is 16.6. The number of nitro benzene ring substituents is 1. The van der Waals surface area contributed by atoms with Gasteiger partial charge in [-0.15, -0.1) is 0 Å². The first-order chi connectivity index (χ1) is 13.0. The normalized spacial score (nSPS) is 10.3. The number of carbonyl (C=O) groups excluding carboxylic acids is 1. The summed E-state index contributed by atoms with van der Waals surface area (Å²) in [6, 6.07) is 12.0. The van der Waals surface area contributed by atoms with Crippen LogP contribution in [-0.2, 0) is 11.2 Å². The number of ether oxygens (including phenoxy) is 2. The van der Waals surface area contributed by atoms with Crippen LogP contribution in [0.4, 0.5) is 11.4 Å². The van der Waals surface area contributed by atoms with Crippen molar-refractivity contribution in [3.8, 4) is 11.5 Å². The molecular formula is C20H24N2O5. The van der Waals surface area contributed by atoms with E-state index >= 15 is 0 Å². The molecule has 0 fully saturated rings. The van der Waals surface area contributed by atoms with Crippen LogP contribution >= 0.6 is 0 Å². The maximum atomic E-state index is 12.1. The maximum Gasteiger partial charge on any atom is 0.271 e. The van der Waals surface area contributed by atoms with E-state index in [0.29, 0.717) is 18.8 Å². The second kappa shape index (κ2) is 10.2. The molecule has 2 rings (SSSR count). The van der Waals surface area contributed by atoms with Crippen molar-refractivity contribution in [1.82, 2.24) is 0 Å². The Morgan fingerprint density at radius 3 is 2.56 bits per heavy atom. The van der Waals surface area contributed by atoms with E-state index < -0.39 is 4.92 Å². The number of hydrogen-bond acceptors (Lipinski definition) is 5. The summed E-state index contributed by atoms with van der Waals surface area (Å²) >= 11 is 0. The van der Waals surface area contributed by atoms with Gasteiger partial charge in [0.25, 0.3) is 5.69 Å². The molecule has 0 aliphatic heterocycles. The van der Waals surface area contributed by atoms with Crippen LogP contribution in [0.1, 0.15) is 31.7 Å². The number of anilines is 1. The van der Waals surface area contributed by atoms with Gasteiger partial charge in [-0.2, -0.15) is 0 Å². The Hall–Kier alpha value is -3.09. The van der Waals surface area contributed by atoms with Crippen LogP contribution < -0.4 is 14.8 Å². The molecule has 1 amide bonds.